The largest absolute Gasteiger partial charge is 0.480 e. The summed E-state index contributed by atoms with van der Waals surface area (Å²) < 4.78 is 0. The fourth-order valence-electron chi connectivity index (χ4n) is 2.51. The maximum Gasteiger partial charge on any atom is 0.326 e. The van der Waals surface area contributed by atoms with Crippen LogP contribution in [0.15, 0.2) is 0 Å². The van der Waals surface area contributed by atoms with Gasteiger partial charge in [0.15, 0.2) is 0 Å². The quantitative estimate of drug-likeness (QED) is 0.824. The number of carboxylic acid groups (broad SMARTS) is 1. The fraction of sp³-hybridized carbons (Fsp3) is 0.867. The van der Waals surface area contributed by atoms with Crippen LogP contribution in [0, 0.1) is 11.3 Å². The number of carboxylic acids is 1. The van der Waals surface area contributed by atoms with E-state index in [1.54, 1.807) is 4.90 Å². The van der Waals surface area contributed by atoms with E-state index in [-0.39, 0.29) is 6.03 Å². The van der Waals surface area contributed by atoms with Crippen molar-refractivity contribution in [2.75, 3.05) is 32.7 Å². The van der Waals surface area contributed by atoms with E-state index >= 15 is 0 Å². The molecule has 21 heavy (non-hydrogen) atoms. The Bertz CT molecular complexity index is 369. The molecule has 6 nitrogen and oxygen atoms in total. The third-order valence-corrected chi connectivity index (χ3v) is 3.66. The van der Waals surface area contributed by atoms with E-state index < -0.39 is 17.4 Å². The minimum atomic E-state index is -0.991. The van der Waals surface area contributed by atoms with Crippen molar-refractivity contribution in [3.8, 4) is 0 Å². The van der Waals surface area contributed by atoms with E-state index in [9.17, 15) is 14.7 Å². The molecule has 2 amide bonds. The Morgan fingerprint density at radius 3 is 2.05 bits per heavy atom. The molecule has 0 aromatic rings. The van der Waals surface area contributed by atoms with E-state index in [0.29, 0.717) is 19.0 Å². The number of urea groups is 1. The highest BCUT2D eigenvalue weighted by molar-refractivity contribution is 5.83. The van der Waals surface area contributed by atoms with Crippen LogP contribution in [0.2, 0.25) is 0 Å². The van der Waals surface area contributed by atoms with Crippen LogP contribution in [-0.4, -0.2) is 65.7 Å². The molecule has 0 aromatic heterocycles. The first-order valence-electron chi connectivity index (χ1n) is 7.62. The van der Waals surface area contributed by atoms with Crippen LogP contribution in [0.25, 0.3) is 0 Å². The first kappa shape index (κ1) is 17.8. The Hall–Kier alpha value is -1.30. The maximum absolute atomic E-state index is 12.2. The van der Waals surface area contributed by atoms with Crippen molar-refractivity contribution in [2.24, 2.45) is 11.3 Å². The van der Waals surface area contributed by atoms with Gasteiger partial charge in [0, 0.05) is 32.7 Å². The van der Waals surface area contributed by atoms with Gasteiger partial charge < -0.3 is 15.3 Å². The Labute approximate surface area is 127 Å². The molecule has 122 valence electrons. The highest BCUT2D eigenvalue weighted by atomic mass is 16.4. The van der Waals surface area contributed by atoms with Crippen molar-refractivity contribution in [1.29, 1.82) is 0 Å². The molecule has 1 fully saturated rings. The zero-order valence-corrected chi connectivity index (χ0v) is 13.8. The van der Waals surface area contributed by atoms with E-state index in [1.165, 1.54) is 0 Å². The normalized spacial score (nSPS) is 18.7. The second-order valence-electron chi connectivity index (χ2n) is 7.27. The summed E-state index contributed by atoms with van der Waals surface area (Å²) in [6.07, 6.45) is 0. The zero-order valence-electron chi connectivity index (χ0n) is 13.8. The van der Waals surface area contributed by atoms with Crippen molar-refractivity contribution in [3.05, 3.63) is 0 Å². The van der Waals surface area contributed by atoms with Crippen LogP contribution in [0.1, 0.15) is 34.6 Å². The Morgan fingerprint density at radius 2 is 1.67 bits per heavy atom. The molecular formula is C15H29N3O3. The lowest BCUT2D eigenvalue weighted by molar-refractivity contribution is -0.142. The lowest BCUT2D eigenvalue weighted by Gasteiger charge is -2.37. The second kappa shape index (κ2) is 7.11. The first-order chi connectivity index (χ1) is 9.61. The van der Waals surface area contributed by atoms with Gasteiger partial charge in [-0.15, -0.1) is 0 Å². The molecule has 6 heteroatoms. The van der Waals surface area contributed by atoms with Gasteiger partial charge in [-0.3, -0.25) is 4.90 Å². The lowest BCUT2D eigenvalue weighted by atomic mass is 9.87. The maximum atomic E-state index is 12.2. The molecule has 0 saturated carbocycles. The smallest absolute Gasteiger partial charge is 0.326 e. The van der Waals surface area contributed by atoms with Gasteiger partial charge in [0.25, 0.3) is 0 Å². The molecule has 0 spiro atoms. The summed E-state index contributed by atoms with van der Waals surface area (Å²) in [6.45, 7) is 13.8. The minimum Gasteiger partial charge on any atom is -0.480 e. The highest BCUT2D eigenvalue weighted by Crippen LogP contribution is 2.19. The van der Waals surface area contributed by atoms with Crippen LogP contribution < -0.4 is 5.32 Å². The molecule has 1 atom stereocenters. The molecule has 1 heterocycles. The van der Waals surface area contributed by atoms with E-state index in [1.807, 2.05) is 20.8 Å². The van der Waals surface area contributed by atoms with Gasteiger partial charge in [0.1, 0.15) is 6.04 Å². The number of carbonyl (C=O) groups is 2. The molecule has 0 aromatic carbocycles. The molecule has 0 bridgehead atoms. The predicted molar refractivity (Wildman–Crippen MR) is 82.3 cm³/mol. The number of nitrogens with zero attached hydrogens (tertiary/aromatic N) is 2. The van der Waals surface area contributed by atoms with Crippen molar-refractivity contribution < 1.29 is 14.7 Å². The third-order valence-electron chi connectivity index (χ3n) is 3.66. The number of aliphatic carboxylic acids is 1. The lowest BCUT2D eigenvalue weighted by Crippen LogP contribution is -2.57. The summed E-state index contributed by atoms with van der Waals surface area (Å²) in [4.78, 5) is 27.6. The molecule has 1 aliphatic rings. The molecular weight excluding hydrogens is 270 g/mol. The van der Waals surface area contributed by atoms with Crippen molar-refractivity contribution >= 4 is 12.0 Å². The highest BCUT2D eigenvalue weighted by Gasteiger charge is 2.34. The van der Waals surface area contributed by atoms with Crippen LogP contribution in [0.3, 0.4) is 0 Å². The molecule has 0 aliphatic carbocycles. The fourth-order valence-corrected chi connectivity index (χ4v) is 2.51. The molecule has 1 saturated heterocycles. The second-order valence-corrected chi connectivity index (χ2v) is 7.27. The molecule has 2 N–H and O–H groups in total. The van der Waals surface area contributed by atoms with Crippen molar-refractivity contribution in [1.82, 2.24) is 15.1 Å². The standard InChI is InChI=1S/C15H29N3O3/c1-11(2)10-17-6-8-18(9-7-17)14(21)16-12(13(19)20)15(3,4)5/h11-12H,6-10H2,1-5H3,(H,16,21)(H,19,20). The van der Waals surface area contributed by atoms with Crippen LogP contribution >= 0.6 is 0 Å². The molecule has 1 aliphatic heterocycles. The SMILES string of the molecule is CC(C)CN1CCN(C(=O)NC(C(=O)O)C(C)(C)C)CC1. The summed E-state index contributed by atoms with van der Waals surface area (Å²) in [5.74, 6) is -0.378. The number of carbonyl (C=O) groups excluding carboxylic acids is 1. The summed E-state index contributed by atoms with van der Waals surface area (Å²) in [7, 11) is 0. The molecule has 1 rings (SSSR count). The van der Waals surface area contributed by atoms with Crippen LogP contribution in [0.4, 0.5) is 4.79 Å². The van der Waals surface area contributed by atoms with Gasteiger partial charge in [-0.25, -0.2) is 9.59 Å². The van der Waals surface area contributed by atoms with Crippen molar-refractivity contribution in [3.63, 3.8) is 0 Å². The number of hydrogen-bond donors (Lipinski definition) is 2. The number of nitrogens with one attached hydrogen (secondary N) is 1. The monoisotopic (exact) mass is 299 g/mol. The van der Waals surface area contributed by atoms with Gasteiger partial charge in [-0.2, -0.15) is 0 Å². The summed E-state index contributed by atoms with van der Waals surface area (Å²) in [5.41, 5.74) is -0.513. The Morgan fingerprint density at radius 1 is 1.14 bits per heavy atom. The minimum absolute atomic E-state index is 0.276. The Balaban J connectivity index is 2.52. The number of piperazine rings is 1. The van der Waals surface area contributed by atoms with E-state index in [4.69, 9.17) is 0 Å². The van der Waals surface area contributed by atoms with Crippen molar-refractivity contribution in [2.45, 2.75) is 40.7 Å². The summed E-state index contributed by atoms with van der Waals surface area (Å²) in [6, 6.07) is -1.15. The molecule has 1 unspecified atom stereocenters. The van der Waals surface area contributed by atoms with Gasteiger partial charge in [0.2, 0.25) is 0 Å². The third kappa shape index (κ3) is 5.53. The number of hydrogen-bond acceptors (Lipinski definition) is 3. The van der Waals surface area contributed by atoms with Crippen LogP contribution in [0.5, 0.6) is 0 Å². The Kier molecular flexibility index (Phi) is 6.01. The van der Waals surface area contributed by atoms with Gasteiger partial charge in [-0.1, -0.05) is 34.6 Å². The van der Waals surface area contributed by atoms with Gasteiger partial charge >= 0.3 is 12.0 Å². The topological polar surface area (TPSA) is 72.9 Å². The van der Waals surface area contributed by atoms with Gasteiger partial charge in [-0.05, 0) is 11.3 Å². The summed E-state index contributed by atoms with van der Waals surface area (Å²) in [5, 5.41) is 11.9. The average molecular weight is 299 g/mol. The zero-order chi connectivity index (χ0) is 16.2. The number of rotatable bonds is 4. The van der Waals surface area contributed by atoms with E-state index in [2.05, 4.69) is 24.1 Å². The number of amides is 2. The summed E-state index contributed by atoms with van der Waals surface area (Å²) >= 11 is 0. The predicted octanol–water partition coefficient (Wildman–Crippen LogP) is 1.47. The molecule has 0 radical (unpaired) electrons. The average Bonchev–Trinajstić information content (AvgIpc) is 2.34. The van der Waals surface area contributed by atoms with E-state index in [0.717, 1.165) is 19.6 Å². The van der Waals surface area contributed by atoms with Crippen LogP contribution in [-0.2, 0) is 4.79 Å². The first-order valence-corrected chi connectivity index (χ1v) is 7.62. The van der Waals surface area contributed by atoms with Gasteiger partial charge in [0.05, 0.1) is 0 Å².